The Bertz CT molecular complexity index is 1320. The quantitative estimate of drug-likeness (QED) is 0.313. The lowest BCUT2D eigenvalue weighted by atomic mass is 10.0. The van der Waals surface area contributed by atoms with Gasteiger partial charge in [0.25, 0.3) is 5.91 Å². The summed E-state index contributed by atoms with van der Waals surface area (Å²) >= 11 is 0. The third-order valence-electron chi connectivity index (χ3n) is 4.37. The first-order chi connectivity index (χ1) is 15.8. The van der Waals surface area contributed by atoms with Gasteiger partial charge in [-0.2, -0.15) is 0 Å². The van der Waals surface area contributed by atoms with Crippen LogP contribution in [0.25, 0.3) is 22.2 Å². The van der Waals surface area contributed by atoms with Crippen molar-refractivity contribution in [2.24, 2.45) is 0 Å². The van der Waals surface area contributed by atoms with Crippen LogP contribution in [0.3, 0.4) is 0 Å². The third kappa shape index (κ3) is 6.62. The first-order valence-electron chi connectivity index (χ1n) is 10.7. The van der Waals surface area contributed by atoms with Crippen LogP contribution in [0.15, 0.2) is 42.7 Å². The van der Waals surface area contributed by atoms with E-state index in [-0.39, 0.29) is 5.56 Å². The number of halogens is 1. The lowest BCUT2D eigenvalue weighted by Gasteiger charge is -2.19. The van der Waals surface area contributed by atoms with E-state index in [0.29, 0.717) is 27.7 Å². The minimum absolute atomic E-state index is 0.215. The summed E-state index contributed by atoms with van der Waals surface area (Å²) in [6.45, 7) is 11.4. The largest absolute Gasteiger partial charge is 0.443 e. The Morgan fingerprint density at radius 3 is 2.47 bits per heavy atom. The summed E-state index contributed by atoms with van der Waals surface area (Å²) in [5, 5.41) is 0.479. The summed E-state index contributed by atoms with van der Waals surface area (Å²) in [4.78, 5) is 33.4. The summed E-state index contributed by atoms with van der Waals surface area (Å²) in [6, 6.07) is 7.86. The first kappa shape index (κ1) is 24.9. The van der Waals surface area contributed by atoms with E-state index in [9.17, 15) is 14.0 Å². The van der Waals surface area contributed by atoms with Crippen LogP contribution in [0.1, 0.15) is 36.7 Å². The topological polar surface area (TPSA) is 93.2 Å². The van der Waals surface area contributed by atoms with E-state index >= 15 is 0 Å². The van der Waals surface area contributed by atoms with Crippen LogP contribution in [0.2, 0.25) is 19.6 Å². The lowest BCUT2D eigenvalue weighted by molar-refractivity contribution is 0.0483. The summed E-state index contributed by atoms with van der Waals surface area (Å²) in [6.07, 6.45) is 2.26. The molecule has 0 aliphatic rings. The molecule has 0 spiro atoms. The van der Waals surface area contributed by atoms with Gasteiger partial charge >= 0.3 is 6.09 Å². The van der Waals surface area contributed by atoms with Crippen LogP contribution in [-0.2, 0) is 4.74 Å². The number of hydrogen-bond donors (Lipinski definition) is 2. The molecule has 0 unspecified atom stereocenters. The Hall–Kier alpha value is -3.77. The van der Waals surface area contributed by atoms with Crippen molar-refractivity contribution >= 4 is 31.0 Å². The van der Waals surface area contributed by atoms with E-state index in [1.807, 2.05) is 0 Å². The zero-order valence-corrected chi connectivity index (χ0v) is 21.0. The minimum atomic E-state index is -1.65. The molecular weight excluding hydrogens is 451 g/mol. The van der Waals surface area contributed by atoms with Crippen molar-refractivity contribution in [2.45, 2.75) is 46.0 Å². The van der Waals surface area contributed by atoms with Crippen LogP contribution in [0, 0.1) is 17.3 Å². The maximum Gasteiger partial charge on any atom is 0.426 e. The van der Waals surface area contributed by atoms with Crippen molar-refractivity contribution in [1.29, 1.82) is 0 Å². The highest BCUT2D eigenvalue weighted by atomic mass is 28.3. The number of nitrogens with zero attached hydrogens (tertiary/aromatic N) is 2. The molecule has 7 nitrogen and oxygen atoms in total. The number of rotatable bonds is 2. The fourth-order valence-electron chi connectivity index (χ4n) is 2.91. The van der Waals surface area contributed by atoms with Crippen molar-refractivity contribution in [3.05, 3.63) is 59.7 Å². The number of hydrazine groups is 1. The van der Waals surface area contributed by atoms with Gasteiger partial charge in [-0.05, 0) is 45.0 Å². The molecule has 2 heterocycles. The monoisotopic (exact) mass is 478 g/mol. The molecule has 3 aromatic rings. The molecule has 0 aliphatic heterocycles. The fraction of sp³-hybridized carbons (Fsp3) is 0.280. The van der Waals surface area contributed by atoms with Gasteiger partial charge < -0.3 is 4.74 Å². The third-order valence-corrected chi connectivity index (χ3v) is 5.24. The van der Waals surface area contributed by atoms with Crippen molar-refractivity contribution in [2.75, 3.05) is 0 Å². The maximum atomic E-state index is 14.8. The number of carbonyl (C=O) groups excluding carboxylic acids is 2. The molecule has 0 saturated heterocycles. The summed E-state index contributed by atoms with van der Waals surface area (Å²) in [5.74, 6) is 1.87. The lowest BCUT2D eigenvalue weighted by Crippen LogP contribution is -2.44. The Labute approximate surface area is 199 Å². The molecule has 34 heavy (non-hydrogen) atoms. The summed E-state index contributed by atoms with van der Waals surface area (Å²) < 4.78 is 19.9. The molecule has 176 valence electrons. The molecule has 0 fully saturated rings. The van der Waals surface area contributed by atoms with E-state index in [1.165, 1.54) is 18.3 Å². The summed E-state index contributed by atoms with van der Waals surface area (Å²) in [7, 11) is -1.65. The number of benzene rings is 1. The number of nitrogens with one attached hydrogen (secondary N) is 2. The minimum Gasteiger partial charge on any atom is -0.443 e. The number of hydrogen-bond acceptors (Lipinski definition) is 5. The Morgan fingerprint density at radius 2 is 1.82 bits per heavy atom. The van der Waals surface area contributed by atoms with Crippen molar-refractivity contribution < 1.29 is 18.7 Å². The Balaban J connectivity index is 1.95. The summed E-state index contributed by atoms with van der Waals surface area (Å²) in [5.41, 5.74) is 8.91. The number of pyridine rings is 2. The van der Waals surface area contributed by atoms with E-state index in [1.54, 1.807) is 45.2 Å². The number of ether oxygens (including phenoxy) is 1. The van der Waals surface area contributed by atoms with Gasteiger partial charge in [0.15, 0.2) is 0 Å². The predicted molar refractivity (Wildman–Crippen MR) is 132 cm³/mol. The average molecular weight is 479 g/mol. The number of fused-ring (bicyclic) bond motifs is 1. The van der Waals surface area contributed by atoms with Crippen molar-refractivity contribution in [3.63, 3.8) is 0 Å². The molecule has 0 saturated carbocycles. The van der Waals surface area contributed by atoms with Gasteiger partial charge in [-0.15, -0.1) is 5.54 Å². The van der Waals surface area contributed by atoms with Crippen molar-refractivity contribution in [3.8, 4) is 22.7 Å². The van der Waals surface area contributed by atoms with Gasteiger partial charge in [-0.3, -0.25) is 15.2 Å². The molecule has 3 rings (SSSR count). The van der Waals surface area contributed by atoms with Gasteiger partial charge in [-0.1, -0.05) is 31.6 Å². The predicted octanol–water partition coefficient (Wildman–Crippen LogP) is 4.83. The van der Waals surface area contributed by atoms with Crippen LogP contribution in [0.5, 0.6) is 0 Å². The maximum absolute atomic E-state index is 14.8. The SMILES string of the molecule is CC(C)(C)OC(=O)NNC(=O)c1cc(-c2ccc(C#C[Si](C)(C)C)c(F)c2)nc2ccncc12. The zero-order valence-electron chi connectivity index (χ0n) is 20.0. The molecule has 2 aromatic heterocycles. The smallest absolute Gasteiger partial charge is 0.426 e. The molecule has 0 atom stereocenters. The molecule has 9 heteroatoms. The highest BCUT2D eigenvalue weighted by molar-refractivity contribution is 6.83. The standard InChI is InChI=1S/C25H27FN4O3Si/c1-25(2,3)33-24(32)30-29-23(31)18-14-22(28-21-9-11-27-15-19(18)21)17-8-7-16(20(26)13-17)10-12-34(4,5)6/h7-9,11,13-15H,1-6H3,(H,29,31)(H,30,32). The van der Waals surface area contributed by atoms with Crippen LogP contribution in [-0.4, -0.2) is 35.6 Å². The molecule has 1 aromatic carbocycles. The average Bonchev–Trinajstić information content (AvgIpc) is 2.74. The normalized spacial score (nSPS) is 11.4. The molecule has 0 aliphatic carbocycles. The van der Waals surface area contributed by atoms with Crippen LogP contribution in [0.4, 0.5) is 9.18 Å². The van der Waals surface area contributed by atoms with Gasteiger partial charge in [-0.25, -0.2) is 19.6 Å². The molecular formula is C25H27FN4O3Si. The van der Waals surface area contributed by atoms with Gasteiger partial charge in [0.2, 0.25) is 0 Å². The van der Waals surface area contributed by atoms with Crippen LogP contribution >= 0.6 is 0 Å². The Morgan fingerprint density at radius 1 is 1.09 bits per heavy atom. The molecule has 2 amide bonds. The second-order valence-electron chi connectivity index (χ2n) is 9.72. The Kier molecular flexibility index (Phi) is 7.03. The second-order valence-corrected chi connectivity index (χ2v) is 14.5. The van der Waals surface area contributed by atoms with E-state index in [4.69, 9.17) is 4.74 Å². The number of aromatic nitrogens is 2. The van der Waals surface area contributed by atoms with Gasteiger partial charge in [0.05, 0.1) is 22.3 Å². The molecule has 0 bridgehead atoms. The van der Waals surface area contributed by atoms with Crippen molar-refractivity contribution in [1.82, 2.24) is 20.8 Å². The molecule has 2 N–H and O–H groups in total. The second kappa shape index (κ2) is 9.61. The van der Waals surface area contributed by atoms with E-state index < -0.39 is 31.5 Å². The van der Waals surface area contributed by atoms with Gasteiger partial charge in [0, 0.05) is 23.3 Å². The highest BCUT2D eigenvalue weighted by Crippen LogP contribution is 2.26. The zero-order chi connectivity index (χ0) is 25.1. The highest BCUT2D eigenvalue weighted by Gasteiger charge is 2.19. The number of carbonyl (C=O) groups is 2. The van der Waals surface area contributed by atoms with Crippen LogP contribution < -0.4 is 10.9 Å². The van der Waals surface area contributed by atoms with E-state index in [2.05, 4.69) is 51.9 Å². The molecule has 0 radical (unpaired) electrons. The number of amides is 2. The fourth-order valence-corrected chi connectivity index (χ4v) is 3.42. The first-order valence-corrected chi connectivity index (χ1v) is 14.2. The van der Waals surface area contributed by atoms with E-state index in [0.717, 1.165) is 0 Å². The van der Waals surface area contributed by atoms with Gasteiger partial charge in [0.1, 0.15) is 19.5 Å².